The number of H-pyrrole nitrogens is 1. The quantitative estimate of drug-likeness (QED) is 0.790. The Hall–Kier alpha value is -2.30. The van der Waals surface area contributed by atoms with E-state index in [1.54, 1.807) is 18.4 Å². The maximum Gasteiger partial charge on any atom is 0.267 e. The molecule has 5 heteroatoms. The summed E-state index contributed by atoms with van der Waals surface area (Å²) in [5.41, 5.74) is 0.894. The molecule has 0 aromatic carbocycles. The molecule has 2 rings (SSSR count). The van der Waals surface area contributed by atoms with Crippen LogP contribution in [0.25, 0.3) is 0 Å². The molecular weight excluding hydrogens is 232 g/mol. The molecule has 0 spiro atoms. The number of furan rings is 1. The molecule has 0 fully saturated rings. The lowest BCUT2D eigenvalue weighted by atomic mass is 10.2. The van der Waals surface area contributed by atoms with Crippen LogP contribution in [0.1, 0.15) is 33.5 Å². The van der Waals surface area contributed by atoms with E-state index in [1.807, 2.05) is 6.07 Å². The largest absolute Gasteiger partial charge is 0.469 e. The predicted octanol–water partition coefficient (Wildman–Crippen LogP) is 1.78. The lowest BCUT2D eigenvalue weighted by Crippen LogP contribution is -2.25. The maximum absolute atomic E-state index is 11.7. The summed E-state index contributed by atoms with van der Waals surface area (Å²) in [7, 11) is 0. The highest BCUT2D eigenvalue weighted by Crippen LogP contribution is 2.04. The van der Waals surface area contributed by atoms with Gasteiger partial charge in [0.15, 0.2) is 5.78 Å². The van der Waals surface area contributed by atoms with Gasteiger partial charge in [-0.3, -0.25) is 9.59 Å². The first kappa shape index (κ1) is 12.2. The van der Waals surface area contributed by atoms with Crippen LogP contribution in [0.4, 0.5) is 0 Å². The second-order valence-electron chi connectivity index (χ2n) is 3.94. The number of aromatic amines is 1. The number of carbonyl (C=O) groups excluding carboxylic acids is 2. The summed E-state index contributed by atoms with van der Waals surface area (Å²) in [5.74, 6) is 0.529. The van der Waals surface area contributed by atoms with Gasteiger partial charge in [0.1, 0.15) is 11.5 Å². The number of Topliss-reactive ketones (excluding diaryl/α,β-unsaturated/α-hetero) is 1. The van der Waals surface area contributed by atoms with Gasteiger partial charge in [-0.15, -0.1) is 0 Å². The molecule has 0 atom stereocenters. The summed E-state index contributed by atoms with van der Waals surface area (Å²) in [4.78, 5) is 25.6. The van der Waals surface area contributed by atoms with Crippen LogP contribution in [0.2, 0.25) is 0 Å². The zero-order valence-electron chi connectivity index (χ0n) is 10.0. The fraction of sp³-hybridized carbons (Fsp3) is 0.231. The maximum atomic E-state index is 11.7. The van der Waals surface area contributed by atoms with Crippen LogP contribution in [0.5, 0.6) is 0 Å². The first-order valence-corrected chi connectivity index (χ1v) is 5.67. The van der Waals surface area contributed by atoms with Crippen LogP contribution >= 0.6 is 0 Å². The molecule has 2 aromatic heterocycles. The standard InChI is InChI=1S/C13H14N2O3/c1-9(16)10-7-12(15-8-10)13(17)14-5-4-11-3-2-6-18-11/h2-3,6-8,15H,4-5H2,1H3,(H,14,17). The topological polar surface area (TPSA) is 75.1 Å². The second-order valence-corrected chi connectivity index (χ2v) is 3.94. The second kappa shape index (κ2) is 5.35. The van der Waals surface area contributed by atoms with Crippen molar-refractivity contribution in [3.63, 3.8) is 0 Å². The average molecular weight is 246 g/mol. The van der Waals surface area contributed by atoms with E-state index in [0.717, 1.165) is 5.76 Å². The molecule has 2 N–H and O–H groups in total. The minimum absolute atomic E-state index is 0.0686. The molecule has 0 saturated heterocycles. The molecule has 0 aliphatic carbocycles. The summed E-state index contributed by atoms with van der Waals surface area (Å²) >= 11 is 0. The van der Waals surface area contributed by atoms with Gasteiger partial charge in [-0.25, -0.2) is 0 Å². The zero-order valence-corrected chi connectivity index (χ0v) is 10.0. The molecule has 2 aromatic rings. The molecule has 0 unspecified atom stereocenters. The van der Waals surface area contributed by atoms with Crippen molar-refractivity contribution in [2.45, 2.75) is 13.3 Å². The van der Waals surface area contributed by atoms with Crippen LogP contribution in [0.15, 0.2) is 35.1 Å². The molecule has 18 heavy (non-hydrogen) atoms. The summed E-state index contributed by atoms with van der Waals surface area (Å²) in [6, 6.07) is 5.21. The van der Waals surface area contributed by atoms with Gasteiger partial charge in [0.05, 0.1) is 6.26 Å². The van der Waals surface area contributed by atoms with E-state index in [1.165, 1.54) is 13.1 Å². The van der Waals surface area contributed by atoms with Crippen LogP contribution in [0.3, 0.4) is 0 Å². The van der Waals surface area contributed by atoms with Crippen LogP contribution in [-0.2, 0) is 6.42 Å². The normalized spacial score (nSPS) is 10.3. The minimum atomic E-state index is -0.228. The Balaban J connectivity index is 1.85. The van der Waals surface area contributed by atoms with Crippen molar-refractivity contribution in [1.29, 1.82) is 0 Å². The summed E-state index contributed by atoms with van der Waals surface area (Å²) in [5, 5.41) is 2.75. The van der Waals surface area contributed by atoms with Crippen molar-refractivity contribution in [3.8, 4) is 0 Å². The Morgan fingerprint density at radius 3 is 2.89 bits per heavy atom. The number of carbonyl (C=O) groups is 2. The van der Waals surface area contributed by atoms with Crippen molar-refractivity contribution in [3.05, 3.63) is 47.7 Å². The van der Waals surface area contributed by atoms with Crippen LogP contribution in [0, 0.1) is 0 Å². The van der Waals surface area contributed by atoms with Gasteiger partial charge in [0, 0.05) is 24.7 Å². The highest BCUT2D eigenvalue weighted by Gasteiger charge is 2.10. The van der Waals surface area contributed by atoms with Gasteiger partial charge in [-0.1, -0.05) is 0 Å². The number of ketones is 1. The molecule has 5 nitrogen and oxygen atoms in total. The lowest BCUT2D eigenvalue weighted by molar-refractivity contribution is 0.0949. The Kier molecular flexibility index (Phi) is 3.62. The number of aromatic nitrogens is 1. The Labute approximate surface area is 104 Å². The first-order valence-electron chi connectivity index (χ1n) is 5.67. The molecule has 0 aliphatic heterocycles. The number of hydrogen-bond acceptors (Lipinski definition) is 3. The van der Waals surface area contributed by atoms with E-state index >= 15 is 0 Å². The molecule has 0 saturated carbocycles. The molecule has 1 amide bonds. The van der Waals surface area contributed by atoms with E-state index in [-0.39, 0.29) is 11.7 Å². The van der Waals surface area contributed by atoms with Crippen molar-refractivity contribution < 1.29 is 14.0 Å². The Bertz CT molecular complexity index is 540. The average Bonchev–Trinajstić information content (AvgIpc) is 2.99. The van der Waals surface area contributed by atoms with Gasteiger partial charge in [0.25, 0.3) is 5.91 Å². The number of nitrogens with one attached hydrogen (secondary N) is 2. The Morgan fingerprint density at radius 1 is 1.44 bits per heavy atom. The minimum Gasteiger partial charge on any atom is -0.469 e. The molecule has 0 bridgehead atoms. The number of amides is 1. The zero-order chi connectivity index (χ0) is 13.0. The number of hydrogen-bond donors (Lipinski definition) is 2. The molecule has 94 valence electrons. The van der Waals surface area contributed by atoms with Crippen molar-refractivity contribution in [2.24, 2.45) is 0 Å². The van der Waals surface area contributed by atoms with Gasteiger partial charge < -0.3 is 14.7 Å². The third-order valence-corrected chi connectivity index (χ3v) is 2.57. The third-order valence-electron chi connectivity index (χ3n) is 2.57. The summed E-state index contributed by atoms with van der Waals surface area (Å²) in [6.45, 7) is 1.95. The van der Waals surface area contributed by atoms with Crippen molar-refractivity contribution in [1.82, 2.24) is 10.3 Å². The fourth-order valence-electron chi connectivity index (χ4n) is 1.58. The van der Waals surface area contributed by atoms with Crippen LogP contribution in [-0.4, -0.2) is 23.2 Å². The highest BCUT2D eigenvalue weighted by molar-refractivity contribution is 5.99. The van der Waals surface area contributed by atoms with E-state index in [2.05, 4.69) is 10.3 Å². The molecular formula is C13H14N2O3. The van der Waals surface area contributed by atoms with Crippen molar-refractivity contribution >= 4 is 11.7 Å². The van der Waals surface area contributed by atoms with Gasteiger partial charge in [-0.05, 0) is 25.1 Å². The van der Waals surface area contributed by atoms with Crippen LogP contribution < -0.4 is 5.32 Å². The molecule has 0 radical (unpaired) electrons. The highest BCUT2D eigenvalue weighted by atomic mass is 16.3. The van der Waals surface area contributed by atoms with Gasteiger partial charge in [-0.2, -0.15) is 0 Å². The first-order chi connectivity index (χ1) is 8.66. The van der Waals surface area contributed by atoms with Gasteiger partial charge in [0.2, 0.25) is 0 Å². The summed E-state index contributed by atoms with van der Waals surface area (Å²) in [6.07, 6.45) is 3.77. The SMILES string of the molecule is CC(=O)c1c[nH]c(C(=O)NCCc2ccco2)c1. The van der Waals surface area contributed by atoms with E-state index in [4.69, 9.17) is 4.42 Å². The predicted molar refractivity (Wildman–Crippen MR) is 65.5 cm³/mol. The third kappa shape index (κ3) is 2.88. The summed E-state index contributed by atoms with van der Waals surface area (Å²) < 4.78 is 5.15. The molecule has 0 aliphatic rings. The monoisotopic (exact) mass is 246 g/mol. The van der Waals surface area contributed by atoms with E-state index in [9.17, 15) is 9.59 Å². The Morgan fingerprint density at radius 2 is 2.28 bits per heavy atom. The number of rotatable bonds is 5. The molecule has 2 heterocycles. The van der Waals surface area contributed by atoms with E-state index < -0.39 is 0 Å². The van der Waals surface area contributed by atoms with Crippen molar-refractivity contribution in [2.75, 3.05) is 6.54 Å². The van der Waals surface area contributed by atoms with Gasteiger partial charge >= 0.3 is 0 Å². The van der Waals surface area contributed by atoms with E-state index in [0.29, 0.717) is 24.2 Å². The lowest BCUT2D eigenvalue weighted by Gasteiger charge is -2.01. The smallest absolute Gasteiger partial charge is 0.267 e. The fourth-order valence-corrected chi connectivity index (χ4v) is 1.58.